The number of hydrogen-bond donors (Lipinski definition) is 2. The minimum Gasteiger partial charge on any atom is -0.476 e. The maximum absolute atomic E-state index is 13.5. The molecule has 0 saturated carbocycles. The molecule has 2 rings (SSSR count). The van der Waals surface area contributed by atoms with Crippen molar-refractivity contribution in [3.05, 3.63) is 47.4 Å². The number of aromatic nitrogens is 2. The zero-order valence-electron chi connectivity index (χ0n) is 10.1. The minimum absolute atomic E-state index is 0.0850. The summed E-state index contributed by atoms with van der Waals surface area (Å²) >= 11 is 0. The molecular weight excluding hydrogens is 294 g/mol. The monoisotopic (exact) mass is 301 g/mol. The molecule has 21 heavy (non-hydrogen) atoms. The van der Waals surface area contributed by atoms with Crippen LogP contribution in [0.5, 0.6) is 0 Å². The van der Waals surface area contributed by atoms with Crippen LogP contribution in [0.3, 0.4) is 0 Å². The van der Waals surface area contributed by atoms with E-state index >= 15 is 0 Å². The van der Waals surface area contributed by atoms with Crippen molar-refractivity contribution in [3.8, 4) is 0 Å². The molecule has 0 fully saturated rings. The predicted octanol–water partition coefficient (Wildman–Crippen LogP) is 3.08. The van der Waals surface area contributed by atoms with Gasteiger partial charge in [-0.15, -0.1) is 10.2 Å². The van der Waals surface area contributed by atoms with Crippen LogP contribution in [0.15, 0.2) is 30.3 Å². The highest BCUT2D eigenvalue weighted by atomic mass is 19.4. The molecule has 1 heterocycles. The van der Waals surface area contributed by atoms with E-state index in [2.05, 4.69) is 15.5 Å². The molecule has 2 N–H and O–H groups in total. The molecule has 0 saturated heterocycles. The highest BCUT2D eigenvalue weighted by Gasteiger charge is 2.31. The Hall–Kier alpha value is -2.71. The van der Waals surface area contributed by atoms with Gasteiger partial charge in [0.2, 0.25) is 0 Å². The lowest BCUT2D eigenvalue weighted by Gasteiger charge is -2.11. The summed E-state index contributed by atoms with van der Waals surface area (Å²) in [5.41, 5.74) is -1.81. The van der Waals surface area contributed by atoms with Gasteiger partial charge in [0.05, 0.1) is 11.3 Å². The summed E-state index contributed by atoms with van der Waals surface area (Å²) in [6, 6.07) is 4.12. The number of hydrogen-bond acceptors (Lipinski definition) is 4. The largest absolute Gasteiger partial charge is 0.476 e. The van der Waals surface area contributed by atoms with E-state index in [9.17, 15) is 22.4 Å². The maximum Gasteiger partial charge on any atom is 0.416 e. The van der Waals surface area contributed by atoms with Crippen molar-refractivity contribution in [2.75, 3.05) is 5.32 Å². The molecule has 0 bridgehead atoms. The molecule has 0 aliphatic heterocycles. The SMILES string of the molecule is O=C(O)c1ccc(Nc2cc(C(F)(F)F)ccc2F)nn1. The summed E-state index contributed by atoms with van der Waals surface area (Å²) in [4.78, 5) is 10.6. The summed E-state index contributed by atoms with van der Waals surface area (Å²) in [6.45, 7) is 0. The Bertz CT molecular complexity index is 671. The summed E-state index contributed by atoms with van der Waals surface area (Å²) in [7, 11) is 0. The molecule has 0 amide bonds. The molecule has 5 nitrogen and oxygen atoms in total. The van der Waals surface area contributed by atoms with E-state index in [1.807, 2.05) is 0 Å². The molecule has 0 radical (unpaired) electrons. The van der Waals surface area contributed by atoms with Crippen LogP contribution < -0.4 is 5.32 Å². The van der Waals surface area contributed by atoms with Crippen molar-refractivity contribution in [3.63, 3.8) is 0 Å². The third-order valence-corrected chi connectivity index (χ3v) is 2.44. The number of aromatic carboxylic acids is 1. The van der Waals surface area contributed by atoms with Crippen LogP contribution >= 0.6 is 0 Å². The van der Waals surface area contributed by atoms with E-state index in [1.165, 1.54) is 0 Å². The first-order valence-electron chi connectivity index (χ1n) is 5.48. The standard InChI is InChI=1S/C12H7F4N3O2/c13-7-2-1-6(12(14,15)16)5-9(7)17-10-4-3-8(11(20)21)18-19-10/h1-5H,(H,17,19)(H,20,21). The van der Waals surface area contributed by atoms with Crippen LogP contribution in [0.2, 0.25) is 0 Å². The van der Waals surface area contributed by atoms with Crippen molar-refractivity contribution in [2.24, 2.45) is 0 Å². The second kappa shape index (κ2) is 5.35. The fourth-order valence-corrected chi connectivity index (χ4v) is 1.45. The van der Waals surface area contributed by atoms with Crippen molar-refractivity contribution in [2.45, 2.75) is 6.18 Å². The Labute approximate surface area is 115 Å². The molecule has 110 valence electrons. The van der Waals surface area contributed by atoms with E-state index in [1.54, 1.807) is 0 Å². The number of anilines is 2. The molecular formula is C12H7F4N3O2. The molecule has 0 aliphatic rings. The van der Waals surface area contributed by atoms with Gasteiger partial charge in [0, 0.05) is 0 Å². The van der Waals surface area contributed by atoms with Gasteiger partial charge >= 0.3 is 12.1 Å². The third kappa shape index (κ3) is 3.44. The molecule has 0 spiro atoms. The van der Waals surface area contributed by atoms with Crippen molar-refractivity contribution < 1.29 is 27.5 Å². The van der Waals surface area contributed by atoms with Gasteiger partial charge in [-0.3, -0.25) is 0 Å². The van der Waals surface area contributed by atoms with Crippen molar-refractivity contribution in [1.29, 1.82) is 0 Å². The quantitative estimate of drug-likeness (QED) is 0.852. The number of rotatable bonds is 3. The molecule has 0 unspecified atom stereocenters. The Morgan fingerprint density at radius 3 is 2.38 bits per heavy atom. The van der Waals surface area contributed by atoms with Crippen molar-refractivity contribution in [1.82, 2.24) is 10.2 Å². The third-order valence-electron chi connectivity index (χ3n) is 2.44. The molecule has 9 heteroatoms. The van der Waals surface area contributed by atoms with Gasteiger partial charge < -0.3 is 10.4 Å². The number of nitrogens with one attached hydrogen (secondary N) is 1. The van der Waals surface area contributed by atoms with Gasteiger partial charge in [-0.25, -0.2) is 9.18 Å². The van der Waals surface area contributed by atoms with Gasteiger partial charge in [-0.2, -0.15) is 13.2 Å². The molecule has 1 aromatic heterocycles. The van der Waals surface area contributed by atoms with E-state index in [-0.39, 0.29) is 11.5 Å². The molecule has 2 aromatic rings. The molecule has 0 atom stereocenters. The van der Waals surface area contributed by atoms with Gasteiger partial charge in [0.25, 0.3) is 0 Å². The zero-order chi connectivity index (χ0) is 15.6. The average molecular weight is 301 g/mol. The van der Waals surface area contributed by atoms with E-state index in [0.29, 0.717) is 18.2 Å². The lowest BCUT2D eigenvalue weighted by atomic mass is 10.2. The average Bonchev–Trinajstić information content (AvgIpc) is 2.40. The fourth-order valence-electron chi connectivity index (χ4n) is 1.45. The molecule has 0 aliphatic carbocycles. The van der Waals surface area contributed by atoms with Crippen LogP contribution in [-0.2, 0) is 6.18 Å². The lowest BCUT2D eigenvalue weighted by Crippen LogP contribution is -2.07. The smallest absolute Gasteiger partial charge is 0.416 e. The number of alkyl halides is 3. The second-order valence-electron chi connectivity index (χ2n) is 3.93. The van der Waals surface area contributed by atoms with Crippen LogP contribution in [0.25, 0.3) is 0 Å². The summed E-state index contributed by atoms with van der Waals surface area (Å²) in [5, 5.41) is 17.7. The summed E-state index contributed by atoms with van der Waals surface area (Å²) in [5.74, 6) is -2.30. The highest BCUT2D eigenvalue weighted by molar-refractivity contribution is 5.85. The Balaban J connectivity index is 2.28. The van der Waals surface area contributed by atoms with E-state index in [0.717, 1.165) is 12.1 Å². The highest BCUT2D eigenvalue weighted by Crippen LogP contribution is 2.32. The van der Waals surface area contributed by atoms with Crippen molar-refractivity contribution >= 4 is 17.5 Å². The van der Waals surface area contributed by atoms with Gasteiger partial charge in [-0.05, 0) is 30.3 Å². The summed E-state index contributed by atoms with van der Waals surface area (Å²) in [6.07, 6.45) is -4.61. The first-order chi connectivity index (χ1) is 9.77. The zero-order valence-corrected chi connectivity index (χ0v) is 10.1. The fraction of sp³-hybridized carbons (Fsp3) is 0.0833. The van der Waals surface area contributed by atoms with Crippen LogP contribution in [0.4, 0.5) is 29.1 Å². The number of carboxylic acids is 1. The molecule has 1 aromatic carbocycles. The number of carboxylic acid groups (broad SMARTS) is 1. The number of halogens is 4. The first kappa shape index (κ1) is 14.7. The number of nitrogens with zero attached hydrogens (tertiary/aromatic N) is 2. The number of benzene rings is 1. The normalized spacial score (nSPS) is 11.2. The topological polar surface area (TPSA) is 75.1 Å². The van der Waals surface area contributed by atoms with Gasteiger partial charge in [-0.1, -0.05) is 0 Å². The Morgan fingerprint density at radius 2 is 1.86 bits per heavy atom. The van der Waals surface area contributed by atoms with Gasteiger partial charge in [0.15, 0.2) is 11.5 Å². The predicted molar refractivity (Wildman–Crippen MR) is 63.7 cm³/mol. The maximum atomic E-state index is 13.5. The Morgan fingerprint density at radius 1 is 1.14 bits per heavy atom. The van der Waals surface area contributed by atoms with Crippen LogP contribution in [-0.4, -0.2) is 21.3 Å². The Kier molecular flexibility index (Phi) is 3.74. The summed E-state index contributed by atoms with van der Waals surface area (Å²) < 4.78 is 51.1. The first-order valence-corrected chi connectivity index (χ1v) is 5.48. The van der Waals surface area contributed by atoms with E-state index in [4.69, 9.17) is 5.11 Å². The number of carbonyl (C=O) groups is 1. The lowest BCUT2D eigenvalue weighted by molar-refractivity contribution is -0.137. The second-order valence-corrected chi connectivity index (χ2v) is 3.93. The minimum atomic E-state index is -4.61. The van der Waals surface area contributed by atoms with E-state index < -0.39 is 29.2 Å². The van der Waals surface area contributed by atoms with Gasteiger partial charge in [0.1, 0.15) is 5.82 Å². The van der Waals surface area contributed by atoms with Crippen LogP contribution in [0, 0.1) is 5.82 Å². The van der Waals surface area contributed by atoms with Crippen LogP contribution in [0.1, 0.15) is 16.1 Å².